The number of ether oxygens (including phenoxy) is 1. The van der Waals surface area contributed by atoms with Crippen molar-refractivity contribution in [2.45, 2.75) is 25.0 Å². The maximum atomic E-state index is 12.0. The van der Waals surface area contributed by atoms with Crippen LogP contribution in [0.5, 0.6) is 5.88 Å². The molecule has 6 nitrogen and oxygen atoms in total. The molecule has 0 radical (unpaired) electrons. The number of hydrogen-bond acceptors (Lipinski definition) is 6. The van der Waals surface area contributed by atoms with E-state index in [1.807, 2.05) is 0 Å². The van der Waals surface area contributed by atoms with Gasteiger partial charge in [0, 0.05) is 12.3 Å². The predicted molar refractivity (Wildman–Crippen MR) is 66.2 cm³/mol. The van der Waals surface area contributed by atoms with Gasteiger partial charge in [-0.3, -0.25) is 4.79 Å². The summed E-state index contributed by atoms with van der Waals surface area (Å²) in [6.07, 6.45) is 2.25. The molecule has 0 aliphatic carbocycles. The number of sulfone groups is 1. The molecule has 0 spiro atoms. The fraction of sp³-hybridized carbons (Fsp3) is 0.545. The molecule has 1 aromatic heterocycles. The highest BCUT2D eigenvalue weighted by molar-refractivity contribution is 7.92. The number of rotatable bonds is 5. The predicted octanol–water partition coefficient (Wildman–Crippen LogP) is 0.420. The van der Waals surface area contributed by atoms with Crippen molar-refractivity contribution in [1.82, 2.24) is 9.97 Å². The van der Waals surface area contributed by atoms with Crippen molar-refractivity contribution in [3.8, 4) is 5.88 Å². The third-order valence-corrected chi connectivity index (χ3v) is 4.93. The lowest BCUT2D eigenvalue weighted by Gasteiger charge is -2.20. The molecule has 0 aromatic carbocycles. The van der Waals surface area contributed by atoms with Gasteiger partial charge in [0.15, 0.2) is 15.6 Å². The first-order valence-electron chi connectivity index (χ1n) is 5.26. The SMILES string of the molecule is COc1cc(CC(=O)C(C)(C)S(C)(=O)=O)ncn1. The molecular formula is C11H16N2O4S. The minimum atomic E-state index is -3.46. The van der Waals surface area contributed by atoms with E-state index in [-0.39, 0.29) is 6.42 Å². The van der Waals surface area contributed by atoms with Gasteiger partial charge >= 0.3 is 0 Å². The first kappa shape index (κ1) is 14.6. The second kappa shape index (κ2) is 5.01. The molecule has 100 valence electrons. The van der Waals surface area contributed by atoms with Gasteiger partial charge < -0.3 is 4.74 Å². The van der Waals surface area contributed by atoms with Gasteiger partial charge in [-0.05, 0) is 13.8 Å². The van der Waals surface area contributed by atoms with Crippen LogP contribution in [0.15, 0.2) is 12.4 Å². The molecule has 0 bridgehead atoms. The minimum Gasteiger partial charge on any atom is -0.481 e. The summed E-state index contributed by atoms with van der Waals surface area (Å²) in [6, 6.07) is 1.51. The highest BCUT2D eigenvalue weighted by Gasteiger charge is 2.37. The van der Waals surface area contributed by atoms with Crippen LogP contribution in [-0.2, 0) is 21.1 Å². The molecule has 0 amide bonds. The Morgan fingerprint density at radius 3 is 2.50 bits per heavy atom. The van der Waals surface area contributed by atoms with Crippen molar-refractivity contribution >= 4 is 15.6 Å². The number of hydrogen-bond donors (Lipinski definition) is 0. The number of carbonyl (C=O) groups is 1. The molecule has 1 aromatic rings. The standard InChI is InChI=1S/C11H16N2O4S/c1-11(2,18(4,15)16)9(14)5-8-6-10(17-3)13-7-12-8/h6-7H,5H2,1-4H3. The van der Waals surface area contributed by atoms with Crippen molar-refractivity contribution in [3.63, 3.8) is 0 Å². The summed E-state index contributed by atoms with van der Waals surface area (Å²) in [6.45, 7) is 2.78. The normalized spacial score (nSPS) is 12.2. The maximum absolute atomic E-state index is 12.0. The first-order chi connectivity index (χ1) is 8.18. The quantitative estimate of drug-likeness (QED) is 0.772. The zero-order valence-corrected chi connectivity index (χ0v) is 11.6. The summed E-state index contributed by atoms with van der Waals surface area (Å²) in [5.41, 5.74) is 0.434. The van der Waals surface area contributed by atoms with E-state index in [2.05, 4.69) is 9.97 Å². The summed E-state index contributed by atoms with van der Waals surface area (Å²) in [5.74, 6) is -0.0734. The molecule has 0 atom stereocenters. The summed E-state index contributed by atoms with van der Waals surface area (Å²) in [4.78, 5) is 19.7. The number of aromatic nitrogens is 2. The molecule has 0 fully saturated rings. The number of ketones is 1. The third-order valence-electron chi connectivity index (χ3n) is 2.85. The zero-order valence-electron chi connectivity index (χ0n) is 10.8. The van der Waals surface area contributed by atoms with E-state index >= 15 is 0 Å². The minimum absolute atomic E-state index is 0.0705. The Morgan fingerprint density at radius 1 is 1.39 bits per heavy atom. The molecular weight excluding hydrogens is 256 g/mol. The average molecular weight is 272 g/mol. The van der Waals surface area contributed by atoms with Crippen LogP contribution in [0.2, 0.25) is 0 Å². The molecule has 0 saturated heterocycles. The van der Waals surface area contributed by atoms with Gasteiger partial charge in [-0.1, -0.05) is 0 Å². The summed E-state index contributed by atoms with van der Waals surface area (Å²) in [5, 5.41) is 0. The van der Waals surface area contributed by atoms with Gasteiger partial charge in [-0.2, -0.15) is 0 Å². The molecule has 1 heterocycles. The molecule has 7 heteroatoms. The van der Waals surface area contributed by atoms with Gasteiger partial charge in [-0.25, -0.2) is 18.4 Å². The monoisotopic (exact) mass is 272 g/mol. The Hall–Kier alpha value is -1.50. The van der Waals surface area contributed by atoms with Crippen LogP contribution in [0.1, 0.15) is 19.5 Å². The van der Waals surface area contributed by atoms with E-state index in [9.17, 15) is 13.2 Å². The molecule has 0 aliphatic heterocycles. The summed E-state index contributed by atoms with van der Waals surface area (Å²) >= 11 is 0. The van der Waals surface area contributed by atoms with E-state index < -0.39 is 20.4 Å². The van der Waals surface area contributed by atoms with E-state index in [1.54, 1.807) is 0 Å². The second-order valence-corrected chi connectivity index (χ2v) is 7.00. The zero-order chi connectivity index (χ0) is 14.0. The summed E-state index contributed by atoms with van der Waals surface area (Å²) in [7, 11) is -2.01. The van der Waals surface area contributed by atoms with E-state index in [0.717, 1.165) is 6.26 Å². The topological polar surface area (TPSA) is 86.2 Å². The van der Waals surface area contributed by atoms with Crippen molar-refractivity contribution in [2.75, 3.05) is 13.4 Å². The van der Waals surface area contributed by atoms with Crippen LogP contribution in [0, 0.1) is 0 Å². The average Bonchev–Trinajstić information content (AvgIpc) is 2.27. The molecule has 0 unspecified atom stereocenters. The Kier molecular flexibility index (Phi) is 4.05. The number of methoxy groups -OCH3 is 1. The van der Waals surface area contributed by atoms with Gasteiger partial charge in [0.2, 0.25) is 5.88 Å². The van der Waals surface area contributed by atoms with Gasteiger partial charge in [0.25, 0.3) is 0 Å². The molecule has 0 aliphatic rings. The Labute approximate surface area is 106 Å². The van der Waals surface area contributed by atoms with Crippen LogP contribution in [-0.4, -0.2) is 42.3 Å². The molecule has 0 saturated carbocycles. The van der Waals surface area contributed by atoms with E-state index in [1.165, 1.54) is 33.4 Å². The van der Waals surface area contributed by atoms with Crippen molar-refractivity contribution in [3.05, 3.63) is 18.1 Å². The fourth-order valence-corrected chi connectivity index (χ4v) is 1.66. The van der Waals surface area contributed by atoms with Gasteiger partial charge in [0.1, 0.15) is 11.1 Å². The Morgan fingerprint density at radius 2 is 2.00 bits per heavy atom. The van der Waals surface area contributed by atoms with Gasteiger partial charge in [0.05, 0.1) is 19.2 Å². The van der Waals surface area contributed by atoms with Crippen molar-refractivity contribution in [2.24, 2.45) is 0 Å². The maximum Gasteiger partial charge on any atom is 0.216 e. The summed E-state index contributed by atoms with van der Waals surface area (Å²) < 4.78 is 26.5. The van der Waals surface area contributed by atoms with Crippen LogP contribution in [0.4, 0.5) is 0 Å². The first-order valence-corrected chi connectivity index (χ1v) is 7.15. The third kappa shape index (κ3) is 3.04. The van der Waals surface area contributed by atoms with Gasteiger partial charge in [-0.15, -0.1) is 0 Å². The lowest BCUT2D eigenvalue weighted by atomic mass is 10.0. The molecule has 0 N–H and O–H groups in total. The highest BCUT2D eigenvalue weighted by Crippen LogP contribution is 2.19. The fourth-order valence-electron chi connectivity index (χ4n) is 1.17. The van der Waals surface area contributed by atoms with Crippen LogP contribution < -0.4 is 4.74 Å². The lowest BCUT2D eigenvalue weighted by molar-refractivity contribution is -0.120. The largest absolute Gasteiger partial charge is 0.481 e. The Bertz CT molecular complexity index is 552. The second-order valence-electron chi connectivity index (χ2n) is 4.43. The smallest absolute Gasteiger partial charge is 0.216 e. The molecule has 18 heavy (non-hydrogen) atoms. The van der Waals surface area contributed by atoms with Crippen molar-refractivity contribution < 1.29 is 17.9 Å². The van der Waals surface area contributed by atoms with Crippen LogP contribution in [0.25, 0.3) is 0 Å². The van der Waals surface area contributed by atoms with Crippen LogP contribution in [0.3, 0.4) is 0 Å². The molecule has 1 rings (SSSR count). The van der Waals surface area contributed by atoms with E-state index in [4.69, 9.17) is 4.74 Å². The number of Topliss-reactive ketones (excluding diaryl/α,β-unsaturated/α-hetero) is 1. The number of nitrogens with zero attached hydrogens (tertiary/aromatic N) is 2. The van der Waals surface area contributed by atoms with Crippen LogP contribution >= 0.6 is 0 Å². The Balaban J connectivity index is 2.95. The highest BCUT2D eigenvalue weighted by atomic mass is 32.2. The number of carbonyl (C=O) groups excluding carboxylic acids is 1. The van der Waals surface area contributed by atoms with E-state index in [0.29, 0.717) is 11.6 Å². The lowest BCUT2D eigenvalue weighted by Crippen LogP contribution is -2.41. The van der Waals surface area contributed by atoms with Crippen molar-refractivity contribution in [1.29, 1.82) is 0 Å².